The van der Waals surface area contributed by atoms with E-state index in [1.54, 1.807) is 26.1 Å². The number of nitrogens with one attached hydrogen (secondary N) is 3. The van der Waals surface area contributed by atoms with Crippen molar-refractivity contribution in [2.45, 2.75) is 44.3 Å². The van der Waals surface area contributed by atoms with Crippen LogP contribution in [0.1, 0.15) is 25.3 Å². The molecule has 192 valence electrons. The first-order chi connectivity index (χ1) is 17.3. The molecule has 2 aliphatic rings. The van der Waals surface area contributed by atoms with Crippen LogP contribution in [0, 0.1) is 17.6 Å². The summed E-state index contributed by atoms with van der Waals surface area (Å²) in [5.74, 6) is -3.43. The van der Waals surface area contributed by atoms with E-state index in [9.17, 15) is 23.2 Å². The van der Waals surface area contributed by atoms with Crippen molar-refractivity contribution in [2.24, 2.45) is 5.92 Å². The average Bonchev–Trinajstić information content (AvgIpc) is 3.28. The zero-order chi connectivity index (χ0) is 25.8. The molecule has 0 bridgehead atoms. The molecule has 3 heterocycles. The van der Waals surface area contributed by atoms with Crippen LogP contribution in [-0.4, -0.2) is 61.1 Å². The van der Waals surface area contributed by atoms with E-state index in [0.29, 0.717) is 31.6 Å². The highest BCUT2D eigenvalue weighted by Crippen LogP contribution is 2.33. The van der Waals surface area contributed by atoms with E-state index in [1.165, 1.54) is 17.2 Å². The lowest BCUT2D eigenvalue weighted by molar-refractivity contribution is -0.131. The van der Waals surface area contributed by atoms with Gasteiger partial charge in [-0.25, -0.2) is 13.8 Å². The summed E-state index contributed by atoms with van der Waals surface area (Å²) in [5.41, 5.74) is 0.0524. The summed E-state index contributed by atoms with van der Waals surface area (Å²) in [7, 11) is 1.64. The minimum absolute atomic E-state index is 0.109. The maximum absolute atomic E-state index is 14.2. The standard InChI is InChI=1S/C25H29F2N5O4/c1-14(28-2)23(33)30-20(15-8-11-36-12-9-15)25(35)32-19(13-16-5-4-10-29-22(16)32)24(34)31-21-17(26)6-3-7-18(21)27/h3-7,10,14-15,19-20,28H,8-9,11-13H2,1-2H3,(H,30,33)(H,31,34)/t14-,19?,20?/m0/s1. The molecule has 11 heteroatoms. The summed E-state index contributed by atoms with van der Waals surface area (Å²) < 4.78 is 33.9. The van der Waals surface area contributed by atoms with Gasteiger partial charge in [0.2, 0.25) is 11.8 Å². The third-order valence-corrected chi connectivity index (χ3v) is 6.70. The molecule has 3 N–H and O–H groups in total. The molecule has 3 amide bonds. The number of halogens is 2. The Kier molecular flexibility index (Phi) is 7.90. The van der Waals surface area contributed by atoms with Gasteiger partial charge in [-0.3, -0.25) is 19.3 Å². The van der Waals surface area contributed by atoms with E-state index in [0.717, 1.165) is 12.1 Å². The summed E-state index contributed by atoms with van der Waals surface area (Å²) >= 11 is 0. The monoisotopic (exact) mass is 501 g/mol. The minimum atomic E-state index is -1.11. The van der Waals surface area contributed by atoms with Crippen LogP contribution < -0.4 is 20.9 Å². The van der Waals surface area contributed by atoms with Crippen LogP contribution in [0.3, 0.4) is 0 Å². The lowest BCUT2D eigenvalue weighted by Gasteiger charge is -2.35. The third-order valence-electron chi connectivity index (χ3n) is 6.70. The van der Waals surface area contributed by atoms with E-state index in [4.69, 9.17) is 4.74 Å². The van der Waals surface area contributed by atoms with E-state index < -0.39 is 47.3 Å². The molecule has 1 aromatic heterocycles. The van der Waals surface area contributed by atoms with Crippen molar-refractivity contribution in [3.05, 3.63) is 53.7 Å². The van der Waals surface area contributed by atoms with Gasteiger partial charge in [-0.1, -0.05) is 12.1 Å². The molecule has 9 nitrogen and oxygen atoms in total. The molecule has 0 radical (unpaired) electrons. The summed E-state index contributed by atoms with van der Waals surface area (Å²) in [6.45, 7) is 2.56. The van der Waals surface area contributed by atoms with Crippen LogP contribution in [0.4, 0.5) is 20.3 Å². The number of ether oxygens (including phenoxy) is 1. The molecule has 0 spiro atoms. The number of fused-ring (bicyclic) bond motifs is 1. The van der Waals surface area contributed by atoms with Crippen LogP contribution in [0.25, 0.3) is 0 Å². The topological polar surface area (TPSA) is 113 Å². The fourth-order valence-corrected chi connectivity index (χ4v) is 4.53. The first-order valence-electron chi connectivity index (χ1n) is 11.9. The Bertz CT molecular complexity index is 1120. The Balaban J connectivity index is 1.67. The maximum Gasteiger partial charge on any atom is 0.251 e. The Morgan fingerprint density at radius 3 is 2.47 bits per heavy atom. The third kappa shape index (κ3) is 5.21. The predicted molar refractivity (Wildman–Crippen MR) is 128 cm³/mol. The molecule has 36 heavy (non-hydrogen) atoms. The van der Waals surface area contributed by atoms with Crippen molar-refractivity contribution in [2.75, 3.05) is 30.5 Å². The smallest absolute Gasteiger partial charge is 0.251 e. The van der Waals surface area contributed by atoms with Gasteiger partial charge in [0.05, 0.1) is 6.04 Å². The van der Waals surface area contributed by atoms with Crippen LogP contribution in [0.5, 0.6) is 0 Å². The van der Waals surface area contributed by atoms with Gasteiger partial charge in [-0.2, -0.15) is 0 Å². The second-order valence-corrected chi connectivity index (χ2v) is 8.95. The molecular formula is C25H29F2N5O4. The van der Waals surface area contributed by atoms with Gasteiger partial charge in [-0.05, 0) is 56.5 Å². The van der Waals surface area contributed by atoms with Gasteiger partial charge in [0.15, 0.2) is 0 Å². The van der Waals surface area contributed by atoms with Gasteiger partial charge >= 0.3 is 0 Å². The van der Waals surface area contributed by atoms with Crippen LogP contribution in [-0.2, 0) is 25.5 Å². The lowest BCUT2D eigenvalue weighted by Crippen LogP contribution is -2.59. The number of amides is 3. The number of hydrogen-bond acceptors (Lipinski definition) is 6. The largest absolute Gasteiger partial charge is 0.381 e. The summed E-state index contributed by atoms with van der Waals surface area (Å²) in [5, 5.41) is 8.00. The molecule has 1 aromatic carbocycles. The van der Waals surface area contributed by atoms with Crippen molar-refractivity contribution in [1.29, 1.82) is 0 Å². The van der Waals surface area contributed by atoms with Crippen LogP contribution in [0.15, 0.2) is 36.5 Å². The fraction of sp³-hybridized carbons (Fsp3) is 0.440. The number of para-hydroxylation sites is 1. The fourth-order valence-electron chi connectivity index (χ4n) is 4.53. The second-order valence-electron chi connectivity index (χ2n) is 8.95. The number of carbonyl (C=O) groups excluding carboxylic acids is 3. The Hall–Kier alpha value is -3.44. The number of aromatic nitrogens is 1. The molecule has 2 aromatic rings. The number of nitrogens with zero attached hydrogens (tertiary/aromatic N) is 2. The summed E-state index contributed by atoms with van der Waals surface area (Å²) in [6, 6.07) is 4.09. The number of pyridine rings is 1. The van der Waals surface area contributed by atoms with E-state index in [2.05, 4.69) is 20.9 Å². The predicted octanol–water partition coefficient (Wildman–Crippen LogP) is 1.78. The lowest BCUT2D eigenvalue weighted by atomic mass is 9.90. The minimum Gasteiger partial charge on any atom is -0.381 e. The first kappa shape index (κ1) is 25.6. The second kappa shape index (κ2) is 11.1. The highest BCUT2D eigenvalue weighted by molar-refractivity contribution is 6.09. The zero-order valence-electron chi connectivity index (χ0n) is 20.1. The normalized spacial score (nSPS) is 19.3. The molecule has 1 fully saturated rings. The van der Waals surface area contributed by atoms with Gasteiger partial charge in [-0.15, -0.1) is 0 Å². The quantitative estimate of drug-likeness (QED) is 0.533. The molecule has 4 rings (SSSR count). The molecule has 2 aliphatic heterocycles. The summed E-state index contributed by atoms with van der Waals surface area (Å²) in [4.78, 5) is 45.7. The number of carbonyl (C=O) groups is 3. The van der Waals surface area contributed by atoms with E-state index in [1.807, 2.05) is 0 Å². The molecule has 2 unspecified atom stereocenters. The number of rotatable bonds is 7. The van der Waals surface area contributed by atoms with Crippen LogP contribution >= 0.6 is 0 Å². The number of benzene rings is 1. The van der Waals surface area contributed by atoms with Gasteiger partial charge in [0.1, 0.15) is 35.2 Å². The molecular weight excluding hydrogens is 472 g/mol. The molecule has 1 saturated heterocycles. The molecule has 0 saturated carbocycles. The molecule has 0 aliphatic carbocycles. The SMILES string of the molecule is CN[C@@H](C)C(=O)NC(C(=O)N1c2ncccc2CC1C(=O)Nc1c(F)cccc1F)C1CCOCC1. The Morgan fingerprint density at radius 2 is 1.81 bits per heavy atom. The van der Waals surface area contributed by atoms with Gasteiger partial charge < -0.3 is 20.7 Å². The van der Waals surface area contributed by atoms with Gasteiger partial charge in [0.25, 0.3) is 5.91 Å². The Morgan fingerprint density at radius 1 is 1.11 bits per heavy atom. The van der Waals surface area contributed by atoms with Crippen molar-refractivity contribution >= 4 is 29.2 Å². The van der Waals surface area contributed by atoms with Crippen molar-refractivity contribution < 1.29 is 27.9 Å². The first-order valence-corrected chi connectivity index (χ1v) is 11.9. The van der Waals surface area contributed by atoms with Crippen LogP contribution in [0.2, 0.25) is 0 Å². The summed E-state index contributed by atoms with van der Waals surface area (Å²) in [6.07, 6.45) is 2.70. The number of anilines is 2. The van der Waals surface area contributed by atoms with Crippen molar-refractivity contribution in [1.82, 2.24) is 15.6 Å². The zero-order valence-corrected chi connectivity index (χ0v) is 20.1. The van der Waals surface area contributed by atoms with Crippen molar-refractivity contribution in [3.8, 4) is 0 Å². The number of hydrogen-bond donors (Lipinski definition) is 3. The van der Waals surface area contributed by atoms with Crippen molar-refractivity contribution in [3.63, 3.8) is 0 Å². The van der Waals surface area contributed by atoms with E-state index >= 15 is 0 Å². The van der Waals surface area contributed by atoms with Gasteiger partial charge in [0, 0.05) is 25.8 Å². The highest BCUT2D eigenvalue weighted by Gasteiger charge is 2.44. The Labute approximate surface area is 207 Å². The maximum atomic E-state index is 14.2. The molecule has 3 atom stereocenters. The number of likely N-dealkylation sites (N-methyl/N-ethyl adjacent to an activating group) is 1. The van der Waals surface area contributed by atoms with E-state index in [-0.39, 0.29) is 24.1 Å². The highest BCUT2D eigenvalue weighted by atomic mass is 19.1. The average molecular weight is 502 g/mol.